The van der Waals surface area contributed by atoms with E-state index in [1.165, 1.54) is 18.3 Å². The summed E-state index contributed by atoms with van der Waals surface area (Å²) in [7, 11) is 1.60. The largest absolute Gasteiger partial charge is 0.504 e. The van der Waals surface area contributed by atoms with Crippen LogP contribution < -0.4 is 10.2 Å². The van der Waals surface area contributed by atoms with E-state index in [-0.39, 0.29) is 11.5 Å². The van der Waals surface area contributed by atoms with Crippen LogP contribution in [0.1, 0.15) is 21.5 Å². The summed E-state index contributed by atoms with van der Waals surface area (Å²) in [5, 5.41) is 23.7. The first kappa shape index (κ1) is 20.9. The van der Waals surface area contributed by atoms with Crippen molar-refractivity contribution < 1.29 is 19.7 Å². The van der Waals surface area contributed by atoms with Crippen LogP contribution in [0.3, 0.4) is 0 Å². The lowest BCUT2D eigenvalue weighted by Crippen LogP contribution is -2.18. The molecule has 0 saturated carbocycles. The van der Waals surface area contributed by atoms with E-state index < -0.39 is 5.91 Å². The molecule has 4 aromatic rings. The number of ether oxygens (including phenoxy) is 1. The number of phenols is 2. The Kier molecular flexibility index (Phi) is 5.72. The number of fused-ring (bicyclic) bond motifs is 1. The highest BCUT2D eigenvalue weighted by molar-refractivity contribution is 6.07. The molecule has 4 rings (SSSR count). The summed E-state index contributed by atoms with van der Waals surface area (Å²) in [6.45, 7) is 1.95. The Morgan fingerprint density at radius 3 is 2.66 bits per heavy atom. The van der Waals surface area contributed by atoms with Gasteiger partial charge in [0.2, 0.25) is 0 Å². The van der Waals surface area contributed by atoms with Crippen molar-refractivity contribution in [2.75, 3.05) is 7.11 Å². The fraction of sp³-hybridized carbons (Fsp3) is 0.0800. The van der Waals surface area contributed by atoms with Crippen LogP contribution in [0.25, 0.3) is 22.2 Å². The monoisotopic (exact) mass is 427 g/mol. The van der Waals surface area contributed by atoms with E-state index in [0.29, 0.717) is 33.5 Å². The molecule has 0 aliphatic heterocycles. The maximum absolute atomic E-state index is 13.0. The zero-order valence-electron chi connectivity index (χ0n) is 17.5. The van der Waals surface area contributed by atoms with Gasteiger partial charge in [0.15, 0.2) is 11.5 Å². The molecule has 0 radical (unpaired) electrons. The highest BCUT2D eigenvalue weighted by Crippen LogP contribution is 2.28. The van der Waals surface area contributed by atoms with Crippen LogP contribution in [0.4, 0.5) is 0 Å². The van der Waals surface area contributed by atoms with Gasteiger partial charge in [0.25, 0.3) is 5.91 Å². The van der Waals surface area contributed by atoms with Crippen LogP contribution in [0.2, 0.25) is 0 Å². The van der Waals surface area contributed by atoms with Gasteiger partial charge in [-0.3, -0.25) is 4.79 Å². The Labute approximate surface area is 184 Å². The fourth-order valence-corrected chi connectivity index (χ4v) is 3.30. The van der Waals surface area contributed by atoms with Crippen molar-refractivity contribution in [1.29, 1.82) is 0 Å². The number of rotatable bonds is 5. The number of hydrazone groups is 1. The van der Waals surface area contributed by atoms with E-state index in [4.69, 9.17) is 9.72 Å². The number of aromatic hydroxyl groups is 2. The Hall–Kier alpha value is -4.39. The minimum Gasteiger partial charge on any atom is -0.504 e. The summed E-state index contributed by atoms with van der Waals surface area (Å²) in [6.07, 6.45) is 1.38. The van der Waals surface area contributed by atoms with E-state index in [2.05, 4.69) is 10.5 Å². The molecule has 32 heavy (non-hydrogen) atoms. The van der Waals surface area contributed by atoms with E-state index in [1.54, 1.807) is 19.2 Å². The number of aromatic nitrogens is 1. The molecule has 3 aromatic carbocycles. The molecular formula is C25H21N3O4. The number of pyridine rings is 1. The summed E-state index contributed by atoms with van der Waals surface area (Å²) in [5.41, 5.74) is 6.64. The molecule has 3 N–H and O–H groups in total. The maximum Gasteiger partial charge on any atom is 0.272 e. The zero-order chi connectivity index (χ0) is 22.7. The number of hydrogen-bond donors (Lipinski definition) is 3. The SMILES string of the molecule is COc1cccc(-c2cc(C(=O)NN=Cc3ccc(O)c(O)c3)c3cc(C)ccc3n2)c1. The van der Waals surface area contributed by atoms with Crippen LogP contribution >= 0.6 is 0 Å². The topological polar surface area (TPSA) is 104 Å². The van der Waals surface area contributed by atoms with Crippen molar-refractivity contribution in [3.63, 3.8) is 0 Å². The third-order valence-electron chi connectivity index (χ3n) is 4.95. The molecule has 1 amide bonds. The van der Waals surface area contributed by atoms with Crippen molar-refractivity contribution in [3.05, 3.63) is 83.4 Å². The minimum absolute atomic E-state index is 0.227. The van der Waals surface area contributed by atoms with Gasteiger partial charge in [0.05, 0.1) is 30.1 Å². The normalized spacial score (nSPS) is 11.1. The summed E-state index contributed by atoms with van der Waals surface area (Å²) in [5.74, 6) is -0.193. The average Bonchev–Trinajstić information content (AvgIpc) is 2.80. The second kappa shape index (κ2) is 8.77. The van der Waals surface area contributed by atoms with Crippen molar-refractivity contribution in [2.24, 2.45) is 5.10 Å². The van der Waals surface area contributed by atoms with Gasteiger partial charge >= 0.3 is 0 Å². The van der Waals surface area contributed by atoms with Gasteiger partial charge in [0.1, 0.15) is 5.75 Å². The second-order valence-electron chi connectivity index (χ2n) is 7.25. The van der Waals surface area contributed by atoms with Gasteiger partial charge < -0.3 is 14.9 Å². The zero-order valence-corrected chi connectivity index (χ0v) is 17.5. The smallest absolute Gasteiger partial charge is 0.272 e. The molecule has 0 spiro atoms. The van der Waals surface area contributed by atoms with Gasteiger partial charge in [-0.25, -0.2) is 10.4 Å². The second-order valence-corrected chi connectivity index (χ2v) is 7.25. The summed E-state index contributed by atoms with van der Waals surface area (Å²) >= 11 is 0. The number of nitrogens with zero attached hydrogens (tertiary/aromatic N) is 2. The van der Waals surface area contributed by atoms with Gasteiger partial charge in [-0.05, 0) is 61.0 Å². The number of methoxy groups -OCH3 is 1. The van der Waals surface area contributed by atoms with E-state index in [9.17, 15) is 15.0 Å². The molecule has 1 heterocycles. The van der Waals surface area contributed by atoms with E-state index in [0.717, 1.165) is 11.1 Å². The Bertz CT molecular complexity index is 1350. The predicted octanol–water partition coefficient (Wildman–Crippen LogP) is 4.39. The Balaban J connectivity index is 1.70. The van der Waals surface area contributed by atoms with Crippen molar-refractivity contribution in [3.8, 4) is 28.5 Å². The number of amides is 1. The number of carbonyl (C=O) groups is 1. The van der Waals surface area contributed by atoms with Crippen LogP contribution in [-0.2, 0) is 0 Å². The van der Waals surface area contributed by atoms with Gasteiger partial charge in [0, 0.05) is 10.9 Å². The predicted molar refractivity (Wildman–Crippen MR) is 123 cm³/mol. The van der Waals surface area contributed by atoms with Crippen LogP contribution in [0.5, 0.6) is 17.2 Å². The lowest BCUT2D eigenvalue weighted by Gasteiger charge is -2.10. The van der Waals surface area contributed by atoms with Gasteiger partial charge in [-0.15, -0.1) is 0 Å². The van der Waals surface area contributed by atoms with Gasteiger partial charge in [-0.1, -0.05) is 23.8 Å². The quantitative estimate of drug-likeness (QED) is 0.249. The van der Waals surface area contributed by atoms with E-state index in [1.807, 2.05) is 49.4 Å². The number of benzene rings is 3. The fourth-order valence-electron chi connectivity index (χ4n) is 3.30. The highest BCUT2D eigenvalue weighted by atomic mass is 16.5. The molecule has 0 saturated heterocycles. The maximum atomic E-state index is 13.0. The third-order valence-corrected chi connectivity index (χ3v) is 4.95. The van der Waals surface area contributed by atoms with E-state index >= 15 is 0 Å². The third kappa shape index (κ3) is 4.37. The molecule has 7 heteroatoms. The molecule has 1 aromatic heterocycles. The lowest BCUT2D eigenvalue weighted by atomic mass is 10.0. The Morgan fingerprint density at radius 1 is 1.03 bits per heavy atom. The molecule has 0 aliphatic rings. The van der Waals surface area contributed by atoms with Crippen LogP contribution in [0, 0.1) is 6.92 Å². The minimum atomic E-state index is -0.397. The molecule has 0 unspecified atom stereocenters. The highest BCUT2D eigenvalue weighted by Gasteiger charge is 2.14. The standard InChI is InChI=1S/C25H21N3O4/c1-15-6-8-21-19(10-15)20(13-22(27-21)17-4-3-5-18(12-17)32-2)25(31)28-26-14-16-7-9-23(29)24(30)11-16/h3-14,29-30H,1-2H3,(H,28,31). The van der Waals surface area contributed by atoms with Crippen molar-refractivity contribution in [1.82, 2.24) is 10.4 Å². The number of hydrogen-bond acceptors (Lipinski definition) is 6. The number of nitrogens with one attached hydrogen (secondary N) is 1. The number of aryl methyl sites for hydroxylation is 1. The lowest BCUT2D eigenvalue weighted by molar-refractivity contribution is 0.0956. The Morgan fingerprint density at radius 2 is 1.88 bits per heavy atom. The van der Waals surface area contributed by atoms with Crippen molar-refractivity contribution >= 4 is 23.0 Å². The van der Waals surface area contributed by atoms with Crippen LogP contribution in [-0.4, -0.2) is 34.4 Å². The molecule has 0 bridgehead atoms. The molecule has 0 fully saturated rings. The average molecular weight is 427 g/mol. The van der Waals surface area contributed by atoms with Crippen LogP contribution in [0.15, 0.2) is 71.8 Å². The first-order valence-corrected chi connectivity index (χ1v) is 9.86. The first-order chi connectivity index (χ1) is 15.4. The van der Waals surface area contributed by atoms with Gasteiger partial charge in [-0.2, -0.15) is 5.10 Å². The molecule has 160 valence electrons. The first-order valence-electron chi connectivity index (χ1n) is 9.86. The molecule has 0 aliphatic carbocycles. The molecule has 0 atom stereocenters. The molecular weight excluding hydrogens is 406 g/mol. The summed E-state index contributed by atoms with van der Waals surface area (Å²) < 4.78 is 5.31. The summed E-state index contributed by atoms with van der Waals surface area (Å²) in [6, 6.07) is 19.2. The van der Waals surface area contributed by atoms with Crippen molar-refractivity contribution in [2.45, 2.75) is 6.92 Å². The summed E-state index contributed by atoms with van der Waals surface area (Å²) in [4.78, 5) is 17.7. The number of carbonyl (C=O) groups excluding carboxylic acids is 1. The number of phenolic OH excluding ortho intramolecular Hbond substituents is 2. The molecule has 7 nitrogen and oxygen atoms in total.